The highest BCUT2D eigenvalue weighted by Crippen LogP contribution is 2.01. The number of alkyl halides is 1. The number of ether oxygens (including phenoxy) is 1. The van der Waals surface area contributed by atoms with E-state index in [1.165, 1.54) is 0 Å². The van der Waals surface area contributed by atoms with Crippen LogP contribution in [0.4, 0.5) is 0 Å². The van der Waals surface area contributed by atoms with Crippen LogP contribution in [0.1, 0.15) is 13.8 Å². The first kappa shape index (κ1) is 11.9. The van der Waals surface area contributed by atoms with Gasteiger partial charge in [0.1, 0.15) is 0 Å². The topological polar surface area (TPSA) is 29.5 Å². The molecule has 0 bridgehead atoms. The normalized spacial score (nSPS) is 12.7. The van der Waals surface area contributed by atoms with Gasteiger partial charge < -0.3 is 9.64 Å². The third kappa shape index (κ3) is 3.54. The number of nitrogens with zero attached hydrogens (tertiary/aromatic N) is 1. The molecule has 0 rings (SSSR count). The van der Waals surface area contributed by atoms with Crippen molar-refractivity contribution in [2.45, 2.75) is 19.9 Å². The number of amides is 1. The lowest BCUT2D eigenvalue weighted by Gasteiger charge is -2.26. The van der Waals surface area contributed by atoms with E-state index in [1.807, 2.05) is 13.8 Å². The fourth-order valence-corrected chi connectivity index (χ4v) is 1.46. The van der Waals surface area contributed by atoms with E-state index in [9.17, 15) is 4.79 Å². The Bertz CT molecular complexity index is 141. The lowest BCUT2D eigenvalue weighted by atomic mass is 10.3. The number of carbonyl (C=O) groups is 1. The van der Waals surface area contributed by atoms with Gasteiger partial charge in [-0.15, -0.1) is 0 Å². The molecule has 0 aliphatic heterocycles. The minimum absolute atomic E-state index is 0.113. The summed E-state index contributed by atoms with van der Waals surface area (Å²) in [6.45, 7) is 5.27. The summed E-state index contributed by atoms with van der Waals surface area (Å²) >= 11 is 3.14. The molecule has 4 heteroatoms. The molecule has 0 saturated carbocycles. The highest BCUT2D eigenvalue weighted by atomic mass is 79.9. The van der Waals surface area contributed by atoms with Gasteiger partial charge in [0.15, 0.2) is 0 Å². The van der Waals surface area contributed by atoms with Crippen LogP contribution >= 0.6 is 15.9 Å². The number of hydrogen-bond donors (Lipinski definition) is 0. The zero-order valence-corrected chi connectivity index (χ0v) is 9.43. The van der Waals surface area contributed by atoms with E-state index in [-0.39, 0.29) is 11.9 Å². The van der Waals surface area contributed by atoms with Gasteiger partial charge in [-0.2, -0.15) is 0 Å². The van der Waals surface area contributed by atoms with E-state index in [0.717, 1.165) is 6.54 Å². The van der Waals surface area contributed by atoms with E-state index >= 15 is 0 Å². The standard InChI is InChI=1S/C8H16BrNO2/c1-4-10(8(11)5-9)7(2)6-12-3/h7H,4-6H2,1-3H3. The summed E-state index contributed by atoms with van der Waals surface area (Å²) in [7, 11) is 1.64. The minimum Gasteiger partial charge on any atom is -0.383 e. The smallest absolute Gasteiger partial charge is 0.233 e. The average molecular weight is 238 g/mol. The van der Waals surface area contributed by atoms with Crippen LogP contribution in [0.15, 0.2) is 0 Å². The van der Waals surface area contributed by atoms with Crippen LogP contribution in [-0.2, 0) is 9.53 Å². The van der Waals surface area contributed by atoms with Crippen LogP contribution in [0.25, 0.3) is 0 Å². The molecule has 0 N–H and O–H groups in total. The zero-order valence-electron chi connectivity index (χ0n) is 7.84. The molecule has 1 unspecified atom stereocenters. The first-order chi connectivity index (χ1) is 5.67. The number of halogens is 1. The van der Waals surface area contributed by atoms with Crippen LogP contribution in [0, 0.1) is 0 Å². The monoisotopic (exact) mass is 237 g/mol. The molecule has 0 radical (unpaired) electrons. The largest absolute Gasteiger partial charge is 0.383 e. The van der Waals surface area contributed by atoms with Crippen molar-refractivity contribution >= 4 is 21.8 Å². The Labute approximate surface area is 82.2 Å². The van der Waals surface area contributed by atoms with Gasteiger partial charge in [-0.25, -0.2) is 0 Å². The predicted octanol–water partition coefficient (Wildman–Crippen LogP) is 1.26. The zero-order chi connectivity index (χ0) is 9.56. The van der Waals surface area contributed by atoms with Crippen molar-refractivity contribution in [3.63, 3.8) is 0 Å². The summed E-state index contributed by atoms with van der Waals surface area (Å²) in [4.78, 5) is 13.1. The Balaban J connectivity index is 4.03. The van der Waals surface area contributed by atoms with E-state index in [1.54, 1.807) is 12.0 Å². The Morgan fingerprint density at radius 3 is 2.58 bits per heavy atom. The Morgan fingerprint density at radius 2 is 2.25 bits per heavy atom. The number of carbonyl (C=O) groups excluding carboxylic acids is 1. The first-order valence-corrected chi connectivity index (χ1v) is 5.13. The maximum absolute atomic E-state index is 11.3. The Hall–Kier alpha value is -0.0900. The molecule has 3 nitrogen and oxygen atoms in total. The van der Waals surface area contributed by atoms with E-state index in [0.29, 0.717) is 11.9 Å². The van der Waals surface area contributed by atoms with E-state index in [4.69, 9.17) is 4.74 Å². The third-order valence-corrected chi connectivity index (χ3v) is 2.19. The molecule has 0 aromatic carbocycles. The van der Waals surface area contributed by atoms with Gasteiger partial charge in [0, 0.05) is 13.7 Å². The van der Waals surface area contributed by atoms with Crippen LogP contribution in [0.5, 0.6) is 0 Å². The molecule has 0 heterocycles. The average Bonchev–Trinajstić information content (AvgIpc) is 2.06. The molecule has 0 spiro atoms. The van der Waals surface area contributed by atoms with Gasteiger partial charge in [-0.05, 0) is 13.8 Å². The highest BCUT2D eigenvalue weighted by Gasteiger charge is 2.16. The third-order valence-electron chi connectivity index (χ3n) is 1.72. The summed E-state index contributed by atoms with van der Waals surface area (Å²) in [5.41, 5.74) is 0. The predicted molar refractivity (Wildman–Crippen MR) is 52.5 cm³/mol. The van der Waals surface area contributed by atoms with Crippen molar-refractivity contribution in [3.05, 3.63) is 0 Å². The summed E-state index contributed by atoms with van der Waals surface area (Å²) in [5, 5.41) is 0.384. The van der Waals surface area contributed by atoms with Gasteiger partial charge in [-0.1, -0.05) is 15.9 Å². The SMILES string of the molecule is CCN(C(=O)CBr)C(C)COC. The number of likely N-dealkylation sites (N-methyl/N-ethyl adjacent to an activating group) is 1. The number of rotatable bonds is 5. The maximum atomic E-state index is 11.3. The fourth-order valence-electron chi connectivity index (χ4n) is 1.14. The molecule has 1 amide bonds. The van der Waals surface area contributed by atoms with Crippen LogP contribution in [0.3, 0.4) is 0 Å². The Kier molecular flexibility index (Phi) is 6.38. The van der Waals surface area contributed by atoms with Crippen LogP contribution in [0.2, 0.25) is 0 Å². The molecule has 0 fully saturated rings. The molecule has 12 heavy (non-hydrogen) atoms. The maximum Gasteiger partial charge on any atom is 0.233 e. The second kappa shape index (κ2) is 6.43. The number of hydrogen-bond acceptors (Lipinski definition) is 2. The van der Waals surface area contributed by atoms with Crippen molar-refractivity contribution in [1.82, 2.24) is 4.90 Å². The van der Waals surface area contributed by atoms with Crippen molar-refractivity contribution < 1.29 is 9.53 Å². The molecule has 0 aromatic heterocycles. The van der Waals surface area contributed by atoms with Crippen molar-refractivity contribution in [1.29, 1.82) is 0 Å². The molecule has 1 atom stereocenters. The van der Waals surface area contributed by atoms with Crippen LogP contribution in [-0.4, -0.2) is 42.4 Å². The molecular weight excluding hydrogens is 222 g/mol. The van der Waals surface area contributed by atoms with Gasteiger partial charge in [0.05, 0.1) is 18.0 Å². The van der Waals surface area contributed by atoms with Crippen molar-refractivity contribution in [3.8, 4) is 0 Å². The molecule has 0 aromatic rings. The van der Waals surface area contributed by atoms with Crippen molar-refractivity contribution in [2.75, 3.05) is 25.6 Å². The summed E-state index contributed by atoms with van der Waals surface area (Å²) in [6, 6.07) is 0.157. The minimum atomic E-state index is 0.113. The summed E-state index contributed by atoms with van der Waals surface area (Å²) in [5.74, 6) is 0.113. The van der Waals surface area contributed by atoms with Gasteiger partial charge in [-0.3, -0.25) is 4.79 Å². The lowest BCUT2D eigenvalue weighted by molar-refractivity contribution is -0.131. The molecule has 0 aliphatic carbocycles. The summed E-state index contributed by atoms with van der Waals surface area (Å²) < 4.78 is 4.97. The Morgan fingerprint density at radius 1 is 1.67 bits per heavy atom. The number of methoxy groups -OCH3 is 1. The molecule has 0 saturated heterocycles. The van der Waals surface area contributed by atoms with Crippen molar-refractivity contribution in [2.24, 2.45) is 0 Å². The summed E-state index contributed by atoms with van der Waals surface area (Å²) in [6.07, 6.45) is 0. The van der Waals surface area contributed by atoms with Gasteiger partial charge in [0.2, 0.25) is 5.91 Å². The van der Waals surface area contributed by atoms with Gasteiger partial charge in [0.25, 0.3) is 0 Å². The fraction of sp³-hybridized carbons (Fsp3) is 0.875. The molecule has 0 aliphatic rings. The lowest BCUT2D eigenvalue weighted by Crippen LogP contribution is -2.41. The van der Waals surface area contributed by atoms with E-state index in [2.05, 4.69) is 15.9 Å². The second-order valence-electron chi connectivity index (χ2n) is 2.62. The quantitative estimate of drug-likeness (QED) is 0.675. The van der Waals surface area contributed by atoms with E-state index < -0.39 is 0 Å². The highest BCUT2D eigenvalue weighted by molar-refractivity contribution is 9.09. The van der Waals surface area contributed by atoms with Crippen LogP contribution < -0.4 is 0 Å². The molecule has 72 valence electrons. The first-order valence-electron chi connectivity index (χ1n) is 4.01. The molecular formula is C8H16BrNO2. The second-order valence-corrected chi connectivity index (χ2v) is 3.18. The van der Waals surface area contributed by atoms with Gasteiger partial charge >= 0.3 is 0 Å².